The van der Waals surface area contributed by atoms with Gasteiger partial charge in [0.05, 0.1) is 24.6 Å². The summed E-state index contributed by atoms with van der Waals surface area (Å²) in [7, 11) is 1.42. The molecule has 1 amide bonds. The zero-order valence-electron chi connectivity index (χ0n) is 18.1. The number of hydrogen-bond acceptors (Lipinski definition) is 4. The van der Waals surface area contributed by atoms with Crippen LogP contribution in [0.3, 0.4) is 0 Å². The van der Waals surface area contributed by atoms with E-state index in [0.717, 1.165) is 0 Å². The Balaban J connectivity index is 1.97. The molecule has 172 valence electrons. The summed E-state index contributed by atoms with van der Waals surface area (Å²) in [5.74, 6) is 0.0626. The Morgan fingerprint density at radius 3 is 2.62 bits per heavy atom. The number of methoxy groups -OCH3 is 1. The average molecular weight is 469 g/mol. The first kappa shape index (κ1) is 22.7. The molecule has 5 nitrogen and oxygen atoms in total. The zero-order valence-corrected chi connectivity index (χ0v) is 18.8. The van der Waals surface area contributed by atoms with Gasteiger partial charge in [-0.3, -0.25) is 4.79 Å². The number of halogens is 4. The monoisotopic (exact) mass is 468 g/mol. The van der Waals surface area contributed by atoms with E-state index in [4.69, 9.17) is 16.3 Å². The second-order valence-electron chi connectivity index (χ2n) is 9.12. The standard InChI is InChI=1S/C23H24ClF3N2O3/c1-11-8-13-17(19(32-4)18(11)24)21(2,3)10-22(31,23(25,26)27)20(13)29-15-7-5-6-14-12(15)9-16(30)28-14/h5-8,20,29,31H,9-10H2,1-4H3,(H,28,30). The number of carbonyl (C=O) groups excluding carboxylic acids is 1. The molecule has 2 unspecified atom stereocenters. The van der Waals surface area contributed by atoms with Crippen molar-refractivity contribution in [1.82, 2.24) is 0 Å². The number of ether oxygens (including phenoxy) is 1. The number of amides is 1. The number of alkyl halides is 3. The van der Waals surface area contributed by atoms with Crippen LogP contribution in [-0.2, 0) is 16.6 Å². The van der Waals surface area contributed by atoms with E-state index in [1.54, 1.807) is 45.0 Å². The van der Waals surface area contributed by atoms with Crippen molar-refractivity contribution in [1.29, 1.82) is 0 Å². The summed E-state index contributed by atoms with van der Waals surface area (Å²) in [5, 5.41) is 17.1. The highest BCUT2D eigenvalue weighted by Gasteiger charge is 2.64. The summed E-state index contributed by atoms with van der Waals surface area (Å²) in [4.78, 5) is 11.9. The minimum atomic E-state index is -4.92. The minimum Gasteiger partial charge on any atom is -0.495 e. The highest BCUT2D eigenvalue weighted by molar-refractivity contribution is 6.33. The smallest absolute Gasteiger partial charge is 0.419 e. The van der Waals surface area contributed by atoms with E-state index in [1.165, 1.54) is 7.11 Å². The Morgan fingerprint density at radius 2 is 2.00 bits per heavy atom. The van der Waals surface area contributed by atoms with E-state index in [-0.39, 0.29) is 17.9 Å². The highest BCUT2D eigenvalue weighted by atomic mass is 35.5. The molecule has 0 fully saturated rings. The van der Waals surface area contributed by atoms with Crippen molar-refractivity contribution in [3.05, 3.63) is 51.5 Å². The summed E-state index contributed by atoms with van der Waals surface area (Å²) in [5.41, 5.74) is -1.40. The predicted octanol–water partition coefficient (Wildman–Crippen LogP) is 5.28. The Bertz CT molecular complexity index is 1120. The molecule has 2 aromatic carbocycles. The largest absolute Gasteiger partial charge is 0.495 e. The number of fused-ring (bicyclic) bond motifs is 2. The number of aliphatic hydroxyl groups is 1. The lowest BCUT2D eigenvalue weighted by Crippen LogP contribution is -2.58. The van der Waals surface area contributed by atoms with Gasteiger partial charge in [-0.05, 0) is 42.0 Å². The normalized spacial score (nSPS) is 23.9. The molecule has 0 spiro atoms. The molecular formula is C23H24ClF3N2O3. The lowest BCUT2D eigenvalue weighted by atomic mass is 9.63. The maximum absolute atomic E-state index is 14.4. The number of carbonyl (C=O) groups is 1. The van der Waals surface area contributed by atoms with E-state index >= 15 is 0 Å². The first-order valence-electron chi connectivity index (χ1n) is 10.1. The van der Waals surface area contributed by atoms with Crippen molar-refractivity contribution in [2.75, 3.05) is 17.7 Å². The maximum atomic E-state index is 14.4. The van der Waals surface area contributed by atoms with Crippen LogP contribution in [-0.4, -0.2) is 29.9 Å². The number of anilines is 2. The van der Waals surface area contributed by atoms with Gasteiger partial charge in [-0.15, -0.1) is 0 Å². The minimum absolute atomic E-state index is 0.0387. The Kier molecular flexibility index (Phi) is 5.17. The first-order valence-corrected chi connectivity index (χ1v) is 10.5. The summed E-state index contributed by atoms with van der Waals surface area (Å²) < 4.78 is 48.7. The van der Waals surface area contributed by atoms with Crippen LogP contribution < -0.4 is 15.4 Å². The molecule has 32 heavy (non-hydrogen) atoms. The van der Waals surface area contributed by atoms with E-state index in [0.29, 0.717) is 38.8 Å². The van der Waals surface area contributed by atoms with E-state index < -0.39 is 29.7 Å². The van der Waals surface area contributed by atoms with Crippen molar-refractivity contribution in [3.63, 3.8) is 0 Å². The second kappa shape index (κ2) is 7.28. The van der Waals surface area contributed by atoms with E-state index in [1.807, 2.05) is 0 Å². The zero-order chi connectivity index (χ0) is 23.6. The van der Waals surface area contributed by atoms with Gasteiger partial charge < -0.3 is 20.5 Å². The fraction of sp³-hybridized carbons (Fsp3) is 0.435. The average Bonchev–Trinajstić information content (AvgIpc) is 3.06. The number of rotatable bonds is 3. The highest BCUT2D eigenvalue weighted by Crippen LogP contribution is 2.58. The summed E-state index contributed by atoms with van der Waals surface area (Å²) in [6.45, 7) is 4.95. The van der Waals surface area contributed by atoms with Gasteiger partial charge in [0.2, 0.25) is 5.91 Å². The van der Waals surface area contributed by atoms with Gasteiger partial charge in [0.1, 0.15) is 5.75 Å². The maximum Gasteiger partial charge on any atom is 0.419 e. The molecule has 4 rings (SSSR count). The molecule has 0 bridgehead atoms. The van der Waals surface area contributed by atoms with Gasteiger partial charge in [-0.2, -0.15) is 13.2 Å². The number of nitrogens with one attached hydrogen (secondary N) is 2. The summed E-state index contributed by atoms with van der Waals surface area (Å²) >= 11 is 6.44. The van der Waals surface area contributed by atoms with Crippen molar-refractivity contribution in [2.45, 2.75) is 56.8 Å². The molecule has 9 heteroatoms. The van der Waals surface area contributed by atoms with Crippen LogP contribution in [0.4, 0.5) is 24.5 Å². The molecule has 0 saturated carbocycles. The topological polar surface area (TPSA) is 70.6 Å². The Labute approximate surface area is 188 Å². The van der Waals surface area contributed by atoms with Crippen LogP contribution in [0.15, 0.2) is 24.3 Å². The van der Waals surface area contributed by atoms with Crippen molar-refractivity contribution >= 4 is 28.9 Å². The fourth-order valence-corrected chi connectivity index (χ4v) is 5.25. The lowest BCUT2D eigenvalue weighted by Gasteiger charge is -2.49. The quantitative estimate of drug-likeness (QED) is 0.573. The Hall–Kier alpha value is -2.45. The van der Waals surface area contributed by atoms with Crippen LogP contribution in [0.2, 0.25) is 5.02 Å². The van der Waals surface area contributed by atoms with Gasteiger partial charge in [-0.1, -0.05) is 37.6 Å². The number of hydrogen-bond donors (Lipinski definition) is 3. The van der Waals surface area contributed by atoms with Crippen LogP contribution in [0, 0.1) is 6.92 Å². The SMILES string of the molecule is COc1c(Cl)c(C)cc2c1C(C)(C)CC(O)(C(F)(F)F)C2Nc1cccc2c1CC(=O)N2. The van der Waals surface area contributed by atoms with E-state index in [2.05, 4.69) is 10.6 Å². The Morgan fingerprint density at radius 1 is 1.31 bits per heavy atom. The number of aryl methyl sites for hydroxylation is 1. The predicted molar refractivity (Wildman–Crippen MR) is 117 cm³/mol. The molecule has 1 aliphatic heterocycles. The van der Waals surface area contributed by atoms with Gasteiger partial charge >= 0.3 is 6.18 Å². The fourth-order valence-electron chi connectivity index (χ4n) is 5.03. The van der Waals surface area contributed by atoms with Crippen molar-refractivity contribution < 1.29 is 27.8 Å². The molecule has 2 aromatic rings. The van der Waals surface area contributed by atoms with E-state index in [9.17, 15) is 23.1 Å². The molecule has 1 aliphatic carbocycles. The van der Waals surface area contributed by atoms with Crippen LogP contribution in [0.25, 0.3) is 0 Å². The molecule has 0 saturated heterocycles. The molecule has 2 atom stereocenters. The third-order valence-corrected chi connectivity index (χ3v) is 6.86. The second-order valence-corrected chi connectivity index (χ2v) is 9.50. The number of benzene rings is 2. The van der Waals surface area contributed by atoms with Gasteiger partial charge in [-0.25, -0.2) is 0 Å². The van der Waals surface area contributed by atoms with Crippen LogP contribution in [0.1, 0.15) is 48.6 Å². The summed E-state index contributed by atoms with van der Waals surface area (Å²) in [6, 6.07) is 4.96. The van der Waals surface area contributed by atoms with Gasteiger partial charge in [0, 0.05) is 22.5 Å². The molecular weight excluding hydrogens is 445 g/mol. The summed E-state index contributed by atoms with van der Waals surface area (Å²) in [6.07, 6.45) is -5.49. The van der Waals surface area contributed by atoms with Crippen molar-refractivity contribution in [3.8, 4) is 5.75 Å². The van der Waals surface area contributed by atoms with Gasteiger partial charge in [0.25, 0.3) is 0 Å². The lowest BCUT2D eigenvalue weighted by molar-refractivity contribution is -0.275. The molecule has 1 heterocycles. The molecule has 0 aromatic heterocycles. The van der Waals surface area contributed by atoms with Crippen LogP contribution in [0.5, 0.6) is 5.75 Å². The first-order chi connectivity index (χ1) is 14.8. The third kappa shape index (κ3) is 3.31. The third-order valence-electron chi connectivity index (χ3n) is 6.39. The molecule has 0 radical (unpaired) electrons. The van der Waals surface area contributed by atoms with Crippen molar-refractivity contribution in [2.24, 2.45) is 0 Å². The van der Waals surface area contributed by atoms with Crippen LogP contribution >= 0.6 is 11.6 Å². The van der Waals surface area contributed by atoms with Gasteiger partial charge in [0.15, 0.2) is 5.60 Å². The molecule has 3 N–H and O–H groups in total. The molecule has 2 aliphatic rings.